The number of halogens is 1. The van der Waals surface area contributed by atoms with Crippen LogP contribution in [0.3, 0.4) is 0 Å². The largest absolute Gasteiger partial charge is 0.490 e. The van der Waals surface area contributed by atoms with E-state index in [1.807, 2.05) is 30.9 Å². The van der Waals surface area contributed by atoms with Gasteiger partial charge in [0.2, 0.25) is 0 Å². The van der Waals surface area contributed by atoms with Crippen LogP contribution in [0.25, 0.3) is 0 Å². The summed E-state index contributed by atoms with van der Waals surface area (Å²) in [6.07, 6.45) is 0. The average Bonchev–Trinajstić information content (AvgIpc) is 2.49. The number of hydrogen-bond acceptors (Lipinski definition) is 4. The molecule has 1 aliphatic heterocycles. The van der Waals surface area contributed by atoms with Gasteiger partial charge in [0.1, 0.15) is 0 Å². The fourth-order valence-electron chi connectivity index (χ4n) is 2.49. The van der Waals surface area contributed by atoms with Crippen LogP contribution < -0.4 is 14.8 Å². The highest BCUT2D eigenvalue weighted by atomic mass is 35.5. The van der Waals surface area contributed by atoms with Crippen LogP contribution >= 0.6 is 12.4 Å². The van der Waals surface area contributed by atoms with E-state index in [9.17, 15) is 4.79 Å². The van der Waals surface area contributed by atoms with Crippen LogP contribution in [-0.2, 0) is 0 Å². The second kappa shape index (κ2) is 8.86. The number of nitrogens with zero attached hydrogens (tertiary/aromatic N) is 1. The zero-order valence-corrected chi connectivity index (χ0v) is 14.2. The second-order valence-corrected chi connectivity index (χ2v) is 5.08. The minimum absolute atomic E-state index is 0. The van der Waals surface area contributed by atoms with Crippen molar-refractivity contribution in [2.75, 3.05) is 32.8 Å². The lowest BCUT2D eigenvalue weighted by Gasteiger charge is -2.34. The highest BCUT2D eigenvalue weighted by Gasteiger charge is 2.24. The third-order valence-corrected chi connectivity index (χ3v) is 3.55. The molecule has 2 rings (SSSR count). The van der Waals surface area contributed by atoms with Gasteiger partial charge < -0.3 is 19.7 Å². The van der Waals surface area contributed by atoms with E-state index < -0.39 is 0 Å². The molecule has 1 aromatic carbocycles. The molecule has 22 heavy (non-hydrogen) atoms. The lowest BCUT2D eigenvalue weighted by atomic mass is 10.1. The second-order valence-electron chi connectivity index (χ2n) is 5.08. The van der Waals surface area contributed by atoms with Crippen LogP contribution in [0.15, 0.2) is 18.2 Å². The highest BCUT2D eigenvalue weighted by Crippen LogP contribution is 2.29. The molecule has 1 saturated heterocycles. The molecule has 0 spiro atoms. The van der Waals surface area contributed by atoms with Gasteiger partial charge in [-0.2, -0.15) is 0 Å². The zero-order valence-electron chi connectivity index (χ0n) is 13.4. The summed E-state index contributed by atoms with van der Waals surface area (Å²) < 4.78 is 11.1. The Bertz CT molecular complexity index is 496. The average molecular weight is 329 g/mol. The number of nitrogens with one attached hydrogen (secondary N) is 1. The molecule has 1 unspecified atom stereocenters. The van der Waals surface area contributed by atoms with E-state index in [1.165, 1.54) is 0 Å². The summed E-state index contributed by atoms with van der Waals surface area (Å²) in [7, 11) is 0. The van der Waals surface area contributed by atoms with Crippen LogP contribution in [-0.4, -0.2) is 49.7 Å². The van der Waals surface area contributed by atoms with Crippen molar-refractivity contribution in [1.82, 2.24) is 10.2 Å². The van der Waals surface area contributed by atoms with Gasteiger partial charge in [0, 0.05) is 31.2 Å². The maximum absolute atomic E-state index is 12.6. The van der Waals surface area contributed by atoms with Crippen molar-refractivity contribution in [2.45, 2.75) is 26.8 Å². The Morgan fingerprint density at radius 3 is 2.59 bits per heavy atom. The van der Waals surface area contributed by atoms with Crippen molar-refractivity contribution in [3.05, 3.63) is 23.8 Å². The Morgan fingerprint density at radius 1 is 1.27 bits per heavy atom. The van der Waals surface area contributed by atoms with E-state index in [0.29, 0.717) is 30.3 Å². The number of carbonyl (C=O) groups excluding carboxylic acids is 1. The molecule has 124 valence electrons. The molecule has 0 saturated carbocycles. The lowest BCUT2D eigenvalue weighted by molar-refractivity contribution is 0.0655. The Kier molecular flexibility index (Phi) is 7.48. The molecule has 1 aromatic rings. The molecule has 1 heterocycles. The first-order chi connectivity index (χ1) is 10.2. The zero-order chi connectivity index (χ0) is 15.2. The predicted octanol–water partition coefficient (Wildman–Crippen LogP) is 2.34. The molecular weight excluding hydrogens is 304 g/mol. The molecule has 5 nitrogen and oxygen atoms in total. The number of rotatable bonds is 5. The van der Waals surface area contributed by atoms with Crippen molar-refractivity contribution in [3.8, 4) is 11.5 Å². The van der Waals surface area contributed by atoms with Crippen molar-refractivity contribution < 1.29 is 14.3 Å². The molecule has 6 heteroatoms. The number of hydrogen-bond donors (Lipinski definition) is 1. The Hall–Kier alpha value is -1.46. The van der Waals surface area contributed by atoms with Gasteiger partial charge in [0.05, 0.1) is 13.2 Å². The van der Waals surface area contributed by atoms with Gasteiger partial charge in [0.25, 0.3) is 5.91 Å². The first kappa shape index (κ1) is 18.6. The molecule has 0 aromatic heterocycles. The van der Waals surface area contributed by atoms with Gasteiger partial charge >= 0.3 is 0 Å². The molecule has 1 aliphatic rings. The van der Waals surface area contributed by atoms with E-state index >= 15 is 0 Å². The minimum Gasteiger partial charge on any atom is -0.490 e. The molecule has 0 radical (unpaired) electrons. The third-order valence-electron chi connectivity index (χ3n) is 3.55. The van der Waals surface area contributed by atoms with Gasteiger partial charge in [-0.15, -0.1) is 12.4 Å². The number of piperazine rings is 1. The predicted molar refractivity (Wildman–Crippen MR) is 89.4 cm³/mol. The standard InChI is InChI=1S/C16H24N2O3.ClH/c1-4-20-14-7-6-13(10-15(14)21-5-2)16(19)18-9-8-17-11-12(18)3;/h6-7,10,12,17H,4-5,8-9,11H2,1-3H3;1H. The summed E-state index contributed by atoms with van der Waals surface area (Å²) in [5.74, 6) is 1.37. The van der Waals surface area contributed by atoms with Gasteiger partial charge in [-0.25, -0.2) is 0 Å². The third kappa shape index (κ3) is 4.27. The first-order valence-electron chi connectivity index (χ1n) is 7.58. The smallest absolute Gasteiger partial charge is 0.254 e. The number of benzene rings is 1. The van der Waals surface area contributed by atoms with Gasteiger partial charge in [0.15, 0.2) is 11.5 Å². The van der Waals surface area contributed by atoms with Crippen molar-refractivity contribution in [2.24, 2.45) is 0 Å². The molecule has 1 N–H and O–H groups in total. The topological polar surface area (TPSA) is 50.8 Å². The van der Waals surface area contributed by atoms with Crippen LogP contribution in [0.2, 0.25) is 0 Å². The van der Waals surface area contributed by atoms with Gasteiger partial charge in [-0.05, 0) is 39.0 Å². The minimum atomic E-state index is 0. The summed E-state index contributed by atoms with van der Waals surface area (Å²) in [5, 5.41) is 3.29. The molecule has 1 fully saturated rings. The monoisotopic (exact) mass is 328 g/mol. The number of carbonyl (C=O) groups is 1. The molecule has 1 atom stereocenters. The van der Waals surface area contributed by atoms with Crippen LogP contribution in [0, 0.1) is 0 Å². The van der Waals surface area contributed by atoms with E-state index in [-0.39, 0.29) is 24.4 Å². The van der Waals surface area contributed by atoms with Gasteiger partial charge in [-0.3, -0.25) is 4.79 Å². The van der Waals surface area contributed by atoms with E-state index in [4.69, 9.17) is 9.47 Å². The van der Waals surface area contributed by atoms with Crippen LogP contribution in [0.5, 0.6) is 11.5 Å². The van der Waals surface area contributed by atoms with E-state index in [1.54, 1.807) is 6.07 Å². The van der Waals surface area contributed by atoms with Crippen molar-refractivity contribution in [3.63, 3.8) is 0 Å². The highest BCUT2D eigenvalue weighted by molar-refractivity contribution is 5.95. The maximum atomic E-state index is 12.6. The number of amides is 1. The fourth-order valence-corrected chi connectivity index (χ4v) is 2.49. The Morgan fingerprint density at radius 2 is 1.95 bits per heavy atom. The molecule has 0 bridgehead atoms. The van der Waals surface area contributed by atoms with Crippen LogP contribution in [0.1, 0.15) is 31.1 Å². The molecular formula is C16H25ClN2O3. The first-order valence-corrected chi connectivity index (χ1v) is 7.58. The summed E-state index contributed by atoms with van der Waals surface area (Å²) in [6, 6.07) is 5.61. The summed E-state index contributed by atoms with van der Waals surface area (Å²) in [4.78, 5) is 14.5. The SMILES string of the molecule is CCOc1ccc(C(=O)N2CCNCC2C)cc1OCC.Cl. The van der Waals surface area contributed by atoms with Crippen molar-refractivity contribution in [1.29, 1.82) is 0 Å². The number of ether oxygens (including phenoxy) is 2. The molecule has 0 aliphatic carbocycles. The molecule has 1 amide bonds. The normalized spacial score (nSPS) is 17.6. The summed E-state index contributed by atoms with van der Waals surface area (Å²) >= 11 is 0. The van der Waals surface area contributed by atoms with Crippen LogP contribution in [0.4, 0.5) is 0 Å². The summed E-state index contributed by atoms with van der Waals surface area (Å²) in [6.45, 7) is 9.43. The Balaban J connectivity index is 0.00000242. The Labute approximate surface area is 138 Å². The van der Waals surface area contributed by atoms with Gasteiger partial charge in [-0.1, -0.05) is 0 Å². The quantitative estimate of drug-likeness (QED) is 0.901. The fraction of sp³-hybridized carbons (Fsp3) is 0.562. The lowest BCUT2D eigenvalue weighted by Crippen LogP contribution is -2.52. The maximum Gasteiger partial charge on any atom is 0.254 e. The van der Waals surface area contributed by atoms with Crippen molar-refractivity contribution >= 4 is 18.3 Å². The van der Waals surface area contributed by atoms with E-state index in [0.717, 1.165) is 19.6 Å². The van der Waals surface area contributed by atoms with E-state index in [2.05, 4.69) is 12.2 Å². The summed E-state index contributed by atoms with van der Waals surface area (Å²) in [5.41, 5.74) is 0.649.